The molecule has 3 fully saturated rings. The minimum Gasteiger partial charge on any atom is -0.0651 e. The summed E-state index contributed by atoms with van der Waals surface area (Å²) in [5.41, 5.74) is 0. The van der Waals surface area contributed by atoms with E-state index >= 15 is 0 Å². The molecule has 0 heteroatoms. The first-order valence-electron chi connectivity index (χ1n) is 12.5. The van der Waals surface area contributed by atoms with Crippen molar-refractivity contribution in [1.82, 2.24) is 0 Å². The van der Waals surface area contributed by atoms with Crippen molar-refractivity contribution >= 4 is 0 Å². The predicted molar refractivity (Wildman–Crippen MR) is 115 cm³/mol. The van der Waals surface area contributed by atoms with Crippen molar-refractivity contribution in [3.8, 4) is 0 Å². The lowest BCUT2D eigenvalue weighted by Crippen LogP contribution is -2.31. The van der Waals surface area contributed by atoms with E-state index in [-0.39, 0.29) is 0 Å². The van der Waals surface area contributed by atoms with Gasteiger partial charge in [-0.05, 0) is 91.8 Å². The Morgan fingerprint density at radius 3 is 2.15 bits per heavy atom. The van der Waals surface area contributed by atoms with Crippen molar-refractivity contribution in [2.75, 3.05) is 0 Å². The van der Waals surface area contributed by atoms with Crippen LogP contribution in [0.3, 0.4) is 0 Å². The highest BCUT2D eigenvalue weighted by molar-refractivity contribution is 4.89. The summed E-state index contributed by atoms with van der Waals surface area (Å²) in [5, 5.41) is 0. The van der Waals surface area contributed by atoms with E-state index in [1.54, 1.807) is 25.7 Å². The Kier molecular flexibility index (Phi) is 7.55. The fourth-order valence-electron chi connectivity index (χ4n) is 7.49. The molecule has 152 valence electrons. The van der Waals surface area contributed by atoms with Crippen LogP contribution in [0.15, 0.2) is 0 Å². The van der Waals surface area contributed by atoms with E-state index in [0.29, 0.717) is 0 Å². The quantitative estimate of drug-likeness (QED) is 0.462. The fourth-order valence-corrected chi connectivity index (χ4v) is 7.49. The van der Waals surface area contributed by atoms with Crippen molar-refractivity contribution in [3.63, 3.8) is 0 Å². The van der Waals surface area contributed by atoms with Crippen LogP contribution in [-0.4, -0.2) is 0 Å². The van der Waals surface area contributed by atoms with Crippen molar-refractivity contribution in [2.45, 2.75) is 112 Å². The van der Waals surface area contributed by atoms with E-state index < -0.39 is 0 Å². The lowest BCUT2D eigenvalue weighted by Gasteiger charge is -2.41. The van der Waals surface area contributed by atoms with E-state index in [2.05, 4.69) is 34.6 Å². The summed E-state index contributed by atoms with van der Waals surface area (Å²) in [7, 11) is 0. The van der Waals surface area contributed by atoms with Gasteiger partial charge in [0.1, 0.15) is 0 Å². The summed E-state index contributed by atoms with van der Waals surface area (Å²) in [6, 6.07) is 0. The van der Waals surface area contributed by atoms with Crippen LogP contribution in [0, 0.1) is 53.3 Å². The van der Waals surface area contributed by atoms with Crippen LogP contribution in [0.2, 0.25) is 0 Å². The molecule has 0 radical (unpaired) electrons. The topological polar surface area (TPSA) is 0 Å². The van der Waals surface area contributed by atoms with Crippen LogP contribution in [0.1, 0.15) is 112 Å². The third kappa shape index (κ3) is 4.88. The molecule has 9 atom stereocenters. The van der Waals surface area contributed by atoms with Gasteiger partial charge in [-0.3, -0.25) is 0 Å². The molecule has 0 aromatic rings. The second kappa shape index (κ2) is 9.47. The Hall–Kier alpha value is 0. The van der Waals surface area contributed by atoms with Crippen LogP contribution >= 0.6 is 0 Å². The molecule has 0 N–H and O–H groups in total. The SMILES string of the molecule is CCC1CCC(C)CC1CC(CC)C1CCCC2CC(C)C(C)CC2C1. The van der Waals surface area contributed by atoms with Gasteiger partial charge in [-0.25, -0.2) is 0 Å². The molecule has 9 unspecified atom stereocenters. The molecule has 3 aliphatic rings. The van der Waals surface area contributed by atoms with Gasteiger partial charge in [0.15, 0.2) is 0 Å². The summed E-state index contributed by atoms with van der Waals surface area (Å²) in [5.74, 6) is 9.21. The highest BCUT2D eigenvalue weighted by atomic mass is 14.4. The molecular weight excluding hydrogens is 312 g/mol. The third-order valence-corrected chi connectivity index (χ3v) is 9.47. The maximum atomic E-state index is 2.54. The Labute approximate surface area is 165 Å². The van der Waals surface area contributed by atoms with Gasteiger partial charge in [-0.15, -0.1) is 0 Å². The number of hydrogen-bond acceptors (Lipinski definition) is 0. The van der Waals surface area contributed by atoms with Crippen LogP contribution in [0.25, 0.3) is 0 Å². The fraction of sp³-hybridized carbons (Fsp3) is 1.00. The molecule has 0 heterocycles. The molecule has 3 saturated carbocycles. The van der Waals surface area contributed by atoms with Crippen molar-refractivity contribution in [3.05, 3.63) is 0 Å². The summed E-state index contributed by atoms with van der Waals surface area (Å²) in [6.45, 7) is 12.5. The molecule has 0 spiro atoms. The normalized spacial score (nSPS) is 45.6. The Morgan fingerprint density at radius 1 is 0.731 bits per heavy atom. The van der Waals surface area contributed by atoms with Crippen molar-refractivity contribution < 1.29 is 0 Å². The van der Waals surface area contributed by atoms with Gasteiger partial charge >= 0.3 is 0 Å². The Morgan fingerprint density at radius 2 is 1.46 bits per heavy atom. The number of fused-ring (bicyclic) bond motifs is 1. The highest BCUT2D eigenvalue weighted by Crippen LogP contribution is 2.49. The maximum Gasteiger partial charge on any atom is -0.0380 e. The Balaban J connectivity index is 1.63. The number of rotatable bonds is 5. The van der Waals surface area contributed by atoms with Crippen LogP contribution in [0.4, 0.5) is 0 Å². The first-order chi connectivity index (χ1) is 12.5. The molecule has 0 amide bonds. The second-order valence-corrected chi connectivity index (χ2v) is 11.1. The maximum absolute atomic E-state index is 2.54. The molecule has 26 heavy (non-hydrogen) atoms. The van der Waals surface area contributed by atoms with E-state index in [1.165, 1.54) is 51.4 Å². The first kappa shape index (κ1) is 20.7. The monoisotopic (exact) mass is 360 g/mol. The average molecular weight is 361 g/mol. The number of hydrogen-bond donors (Lipinski definition) is 0. The molecule has 0 nitrogen and oxygen atoms in total. The zero-order valence-electron chi connectivity index (χ0n) is 18.7. The molecule has 3 rings (SSSR count). The second-order valence-electron chi connectivity index (χ2n) is 11.1. The summed E-state index contributed by atoms with van der Waals surface area (Å²) < 4.78 is 0. The van der Waals surface area contributed by atoms with Crippen LogP contribution in [-0.2, 0) is 0 Å². The highest BCUT2D eigenvalue weighted by Gasteiger charge is 2.38. The summed E-state index contributed by atoms with van der Waals surface area (Å²) in [6.07, 6.45) is 18.3. The van der Waals surface area contributed by atoms with E-state index in [4.69, 9.17) is 0 Å². The lowest BCUT2D eigenvalue weighted by atomic mass is 9.65. The van der Waals surface area contributed by atoms with Gasteiger partial charge in [0.05, 0.1) is 0 Å². The molecule has 0 aromatic carbocycles. The van der Waals surface area contributed by atoms with Crippen molar-refractivity contribution in [1.29, 1.82) is 0 Å². The van der Waals surface area contributed by atoms with E-state index in [1.807, 2.05) is 0 Å². The van der Waals surface area contributed by atoms with Crippen LogP contribution in [0.5, 0.6) is 0 Å². The van der Waals surface area contributed by atoms with Gasteiger partial charge in [-0.1, -0.05) is 73.1 Å². The van der Waals surface area contributed by atoms with Gasteiger partial charge < -0.3 is 0 Å². The standard InChI is InChI=1S/C26H48/c1-6-21-12-11-18(3)13-25(21)16-22(7-2)24-10-8-9-23-14-19(4)20(5)15-26(23)17-24/h18-26H,6-17H2,1-5H3. The third-order valence-electron chi connectivity index (χ3n) is 9.47. The van der Waals surface area contributed by atoms with Gasteiger partial charge in [-0.2, -0.15) is 0 Å². The minimum absolute atomic E-state index is 0.971. The molecule has 0 bridgehead atoms. The molecule has 3 aliphatic carbocycles. The average Bonchev–Trinajstić information content (AvgIpc) is 2.82. The molecule has 0 aliphatic heterocycles. The van der Waals surface area contributed by atoms with Gasteiger partial charge in [0.2, 0.25) is 0 Å². The summed E-state index contributed by atoms with van der Waals surface area (Å²) in [4.78, 5) is 0. The lowest BCUT2D eigenvalue weighted by molar-refractivity contribution is 0.0941. The minimum atomic E-state index is 0.971. The van der Waals surface area contributed by atoms with Gasteiger partial charge in [0.25, 0.3) is 0 Å². The van der Waals surface area contributed by atoms with Gasteiger partial charge in [0, 0.05) is 0 Å². The molecule has 0 saturated heterocycles. The van der Waals surface area contributed by atoms with E-state index in [0.717, 1.165) is 53.3 Å². The van der Waals surface area contributed by atoms with Crippen LogP contribution < -0.4 is 0 Å². The largest absolute Gasteiger partial charge is 0.0651 e. The molecular formula is C26H48. The smallest absolute Gasteiger partial charge is 0.0380 e. The predicted octanol–water partition coefficient (Wildman–Crippen LogP) is 8.35. The zero-order chi connectivity index (χ0) is 18.7. The summed E-state index contributed by atoms with van der Waals surface area (Å²) >= 11 is 0. The van der Waals surface area contributed by atoms with E-state index in [9.17, 15) is 0 Å². The first-order valence-corrected chi connectivity index (χ1v) is 12.5. The van der Waals surface area contributed by atoms with Crippen molar-refractivity contribution in [2.24, 2.45) is 53.3 Å². The zero-order valence-corrected chi connectivity index (χ0v) is 18.7. The Bertz CT molecular complexity index is 412. The molecule has 0 aromatic heterocycles.